The molecular formula is C18H20N10. The third kappa shape index (κ3) is 3.74. The van der Waals surface area contributed by atoms with Gasteiger partial charge in [0.2, 0.25) is 0 Å². The fraction of sp³-hybridized carbons (Fsp3) is 0.333. The molecule has 0 spiro atoms. The number of anilines is 3. The number of nitrogens with zero attached hydrogens (tertiary/aromatic N) is 9. The highest BCUT2D eigenvalue weighted by Crippen LogP contribution is 2.20. The molecule has 0 unspecified atom stereocenters. The fourth-order valence-corrected chi connectivity index (χ4v) is 3.08. The van der Waals surface area contributed by atoms with Gasteiger partial charge in [-0.25, -0.2) is 24.9 Å². The quantitative estimate of drug-likeness (QED) is 0.702. The highest BCUT2D eigenvalue weighted by molar-refractivity contribution is 5.50. The molecule has 1 aliphatic rings. The van der Waals surface area contributed by atoms with E-state index in [2.05, 4.69) is 54.1 Å². The largest absolute Gasteiger partial charge is 0.354 e. The number of imidazole rings is 1. The molecule has 142 valence electrons. The molecule has 1 fully saturated rings. The molecule has 1 atom stereocenters. The molecule has 3 aromatic heterocycles. The average molecular weight is 376 g/mol. The second-order valence-electron chi connectivity index (χ2n) is 6.77. The van der Waals surface area contributed by atoms with Crippen LogP contribution >= 0.6 is 0 Å². The Labute approximate surface area is 162 Å². The molecular weight excluding hydrogens is 356 g/mol. The Bertz CT molecular complexity index is 971. The lowest BCUT2D eigenvalue weighted by atomic mass is 10.2. The van der Waals surface area contributed by atoms with Crippen LogP contribution in [0.5, 0.6) is 0 Å². The van der Waals surface area contributed by atoms with Crippen LogP contribution in [0.1, 0.15) is 12.1 Å². The average Bonchev–Trinajstić information content (AvgIpc) is 3.39. The minimum absolute atomic E-state index is 0.265. The van der Waals surface area contributed by atoms with Gasteiger partial charge in [0.15, 0.2) is 11.5 Å². The first-order chi connectivity index (χ1) is 13.6. The summed E-state index contributed by atoms with van der Waals surface area (Å²) in [6, 6.07) is 2.48. The van der Waals surface area contributed by atoms with E-state index in [4.69, 9.17) is 5.26 Å². The fourth-order valence-electron chi connectivity index (χ4n) is 3.08. The molecule has 0 saturated carbocycles. The predicted octanol–water partition coefficient (Wildman–Crippen LogP) is 1.21. The van der Waals surface area contributed by atoms with Crippen molar-refractivity contribution in [1.29, 1.82) is 5.26 Å². The lowest BCUT2D eigenvalue weighted by molar-refractivity contribution is 0.315. The van der Waals surface area contributed by atoms with E-state index >= 15 is 0 Å². The van der Waals surface area contributed by atoms with Gasteiger partial charge < -0.3 is 15.1 Å². The molecule has 0 aromatic carbocycles. The summed E-state index contributed by atoms with van der Waals surface area (Å²) in [5.74, 6) is 2.67. The zero-order valence-electron chi connectivity index (χ0n) is 15.7. The maximum atomic E-state index is 8.77. The summed E-state index contributed by atoms with van der Waals surface area (Å²) >= 11 is 0. The number of rotatable bonds is 5. The standard InChI is InChI=1S/C18H20N10/c1-26(2)14-3-4-27(10-14)17-8-23-18(9-22-17)28-11-16(24-12-28)25-15-7-20-13(5-19)6-21-15/h6-9,11-12,14H,3-4,10H2,1-2H3,(H,21,25)/t14-/m1/s1. The van der Waals surface area contributed by atoms with Crippen molar-refractivity contribution in [2.24, 2.45) is 0 Å². The summed E-state index contributed by atoms with van der Waals surface area (Å²) in [6.45, 7) is 1.95. The van der Waals surface area contributed by atoms with Crippen LogP contribution in [0.25, 0.3) is 5.82 Å². The first kappa shape index (κ1) is 17.8. The zero-order valence-corrected chi connectivity index (χ0v) is 15.7. The van der Waals surface area contributed by atoms with Gasteiger partial charge in [-0.15, -0.1) is 0 Å². The van der Waals surface area contributed by atoms with Crippen LogP contribution in [-0.2, 0) is 0 Å². The van der Waals surface area contributed by atoms with Crippen molar-refractivity contribution in [2.75, 3.05) is 37.4 Å². The van der Waals surface area contributed by atoms with Crippen molar-refractivity contribution < 1.29 is 0 Å². The molecule has 0 bridgehead atoms. The van der Waals surface area contributed by atoms with Crippen molar-refractivity contribution in [1.82, 2.24) is 34.4 Å². The summed E-state index contributed by atoms with van der Waals surface area (Å²) in [7, 11) is 4.22. The van der Waals surface area contributed by atoms with Crippen molar-refractivity contribution in [3.8, 4) is 11.9 Å². The Kier molecular flexibility index (Phi) is 4.82. The topological polar surface area (TPSA) is 112 Å². The van der Waals surface area contributed by atoms with Gasteiger partial charge in [-0.2, -0.15) is 5.26 Å². The van der Waals surface area contributed by atoms with E-state index in [1.807, 2.05) is 6.07 Å². The second kappa shape index (κ2) is 7.58. The Balaban J connectivity index is 1.43. The van der Waals surface area contributed by atoms with Gasteiger partial charge in [0.05, 0.1) is 31.0 Å². The van der Waals surface area contributed by atoms with Crippen LogP contribution in [0.15, 0.2) is 37.3 Å². The molecule has 4 heterocycles. The summed E-state index contributed by atoms with van der Waals surface area (Å²) in [5, 5.41) is 11.8. The predicted molar refractivity (Wildman–Crippen MR) is 103 cm³/mol. The minimum Gasteiger partial charge on any atom is -0.354 e. The number of aromatic nitrogens is 6. The second-order valence-corrected chi connectivity index (χ2v) is 6.77. The maximum Gasteiger partial charge on any atom is 0.158 e. The Morgan fingerprint density at radius 3 is 2.50 bits per heavy atom. The molecule has 1 saturated heterocycles. The summed E-state index contributed by atoms with van der Waals surface area (Å²) < 4.78 is 1.78. The molecule has 4 rings (SSSR count). The highest BCUT2D eigenvalue weighted by atomic mass is 15.3. The van der Waals surface area contributed by atoms with E-state index in [0.717, 1.165) is 25.3 Å². The van der Waals surface area contributed by atoms with Gasteiger partial charge in [-0.05, 0) is 20.5 Å². The molecule has 1 aliphatic heterocycles. The number of nitriles is 1. The van der Waals surface area contributed by atoms with Crippen LogP contribution in [-0.4, -0.2) is 67.6 Å². The Hall–Kier alpha value is -3.58. The van der Waals surface area contributed by atoms with E-state index in [1.165, 1.54) is 12.4 Å². The number of nitrogens with one attached hydrogen (secondary N) is 1. The van der Waals surface area contributed by atoms with E-state index < -0.39 is 0 Å². The lowest BCUT2D eigenvalue weighted by Crippen LogP contribution is -2.31. The zero-order chi connectivity index (χ0) is 19.5. The molecule has 1 N–H and O–H groups in total. The summed E-state index contributed by atoms with van der Waals surface area (Å²) in [6.07, 6.45) is 11.0. The molecule has 0 aliphatic carbocycles. The van der Waals surface area contributed by atoms with Gasteiger partial charge in [0.25, 0.3) is 0 Å². The number of likely N-dealkylation sites (N-methyl/N-ethyl adjacent to an activating group) is 1. The van der Waals surface area contributed by atoms with Crippen molar-refractivity contribution >= 4 is 17.5 Å². The van der Waals surface area contributed by atoms with E-state index in [-0.39, 0.29) is 5.69 Å². The van der Waals surface area contributed by atoms with Crippen molar-refractivity contribution in [2.45, 2.75) is 12.5 Å². The normalized spacial score (nSPS) is 16.4. The van der Waals surface area contributed by atoms with Crippen LogP contribution in [0, 0.1) is 11.3 Å². The van der Waals surface area contributed by atoms with Gasteiger partial charge in [-0.3, -0.25) is 4.57 Å². The van der Waals surface area contributed by atoms with Gasteiger partial charge >= 0.3 is 0 Å². The first-order valence-electron chi connectivity index (χ1n) is 8.89. The lowest BCUT2D eigenvalue weighted by Gasteiger charge is -2.20. The van der Waals surface area contributed by atoms with Crippen LogP contribution in [0.3, 0.4) is 0 Å². The molecule has 28 heavy (non-hydrogen) atoms. The highest BCUT2D eigenvalue weighted by Gasteiger charge is 2.25. The van der Waals surface area contributed by atoms with Crippen LogP contribution in [0.2, 0.25) is 0 Å². The third-order valence-electron chi connectivity index (χ3n) is 4.71. The summed E-state index contributed by atoms with van der Waals surface area (Å²) in [4.78, 5) is 26.0. The molecule has 0 radical (unpaired) electrons. The number of hydrogen-bond acceptors (Lipinski definition) is 9. The molecule has 10 heteroatoms. The van der Waals surface area contributed by atoms with E-state index in [1.54, 1.807) is 29.5 Å². The Morgan fingerprint density at radius 1 is 1.04 bits per heavy atom. The van der Waals surface area contributed by atoms with E-state index in [0.29, 0.717) is 23.5 Å². The summed E-state index contributed by atoms with van der Waals surface area (Å²) in [5.41, 5.74) is 0.265. The van der Waals surface area contributed by atoms with Gasteiger partial charge in [-0.1, -0.05) is 0 Å². The third-order valence-corrected chi connectivity index (χ3v) is 4.71. The Morgan fingerprint density at radius 2 is 1.86 bits per heavy atom. The number of hydrogen-bond donors (Lipinski definition) is 1. The monoisotopic (exact) mass is 376 g/mol. The van der Waals surface area contributed by atoms with E-state index in [9.17, 15) is 0 Å². The SMILES string of the molecule is CN(C)[C@@H]1CCN(c2cnc(-n3cnc(Nc4cnc(C#N)cn4)c3)cn2)C1. The van der Waals surface area contributed by atoms with Crippen molar-refractivity contribution in [3.05, 3.63) is 43.0 Å². The maximum absolute atomic E-state index is 8.77. The molecule has 0 amide bonds. The minimum atomic E-state index is 0.265. The molecule has 3 aromatic rings. The van der Waals surface area contributed by atoms with Crippen molar-refractivity contribution in [3.63, 3.8) is 0 Å². The van der Waals surface area contributed by atoms with Gasteiger partial charge in [0, 0.05) is 19.1 Å². The van der Waals surface area contributed by atoms with Crippen LogP contribution < -0.4 is 10.2 Å². The van der Waals surface area contributed by atoms with Crippen LogP contribution in [0.4, 0.5) is 17.5 Å². The first-order valence-corrected chi connectivity index (χ1v) is 8.89. The molecule has 10 nitrogen and oxygen atoms in total. The van der Waals surface area contributed by atoms with Gasteiger partial charge in [0.1, 0.15) is 29.9 Å². The smallest absolute Gasteiger partial charge is 0.158 e.